The summed E-state index contributed by atoms with van der Waals surface area (Å²) in [6.45, 7) is 4.38. The number of hydrogen-bond acceptors (Lipinski definition) is 3. The van der Waals surface area contributed by atoms with Crippen LogP contribution in [0.3, 0.4) is 0 Å². The van der Waals surface area contributed by atoms with Gasteiger partial charge in [0.1, 0.15) is 5.75 Å². The van der Waals surface area contributed by atoms with E-state index in [1.54, 1.807) is 11.8 Å². The van der Waals surface area contributed by atoms with Crippen molar-refractivity contribution in [2.45, 2.75) is 26.7 Å². The molecule has 0 aliphatic carbocycles. The molecule has 1 aliphatic rings. The van der Waals surface area contributed by atoms with Crippen molar-refractivity contribution in [2.75, 3.05) is 19.7 Å². The molecule has 1 saturated heterocycles. The Bertz CT molecular complexity index is 543. The third kappa shape index (κ3) is 3.35. The molecule has 1 atom stereocenters. The van der Waals surface area contributed by atoms with Gasteiger partial charge in [-0.05, 0) is 31.4 Å². The summed E-state index contributed by atoms with van der Waals surface area (Å²) in [4.78, 5) is 24.9. The number of rotatable bonds is 5. The number of likely N-dealkylation sites (tertiary alicyclic amines) is 1. The quantitative estimate of drug-likeness (QED) is 0.900. The van der Waals surface area contributed by atoms with Crippen molar-refractivity contribution in [2.24, 2.45) is 5.41 Å². The number of benzene rings is 1. The van der Waals surface area contributed by atoms with E-state index in [2.05, 4.69) is 0 Å². The first-order valence-corrected chi connectivity index (χ1v) is 7.18. The molecular formula is C16H21NO4. The number of aliphatic carboxylic acids is 1. The zero-order valence-corrected chi connectivity index (χ0v) is 12.5. The number of hydrogen-bond donors (Lipinski definition) is 1. The summed E-state index contributed by atoms with van der Waals surface area (Å²) in [5.41, 5.74) is 0.221. The standard InChI is InChI=1S/C16H21NO4/c1-3-12-6-4-5-7-13(12)21-10-14(18)17-9-8-16(2,11-17)15(19)20/h4-7H,3,8-11H2,1-2H3,(H,19,20)/t16-/m0/s1. The molecule has 1 aromatic carbocycles. The van der Waals surface area contributed by atoms with E-state index in [0.29, 0.717) is 18.7 Å². The normalized spacial score (nSPS) is 21.3. The molecule has 1 fully saturated rings. The predicted octanol–water partition coefficient (Wildman–Crippen LogP) is 1.95. The van der Waals surface area contributed by atoms with Crippen molar-refractivity contribution >= 4 is 11.9 Å². The van der Waals surface area contributed by atoms with Crippen LogP contribution in [0.4, 0.5) is 0 Å². The molecule has 0 bridgehead atoms. The maximum Gasteiger partial charge on any atom is 0.311 e. The van der Waals surface area contributed by atoms with Crippen LogP contribution in [0.15, 0.2) is 24.3 Å². The molecule has 0 saturated carbocycles. The molecule has 1 amide bonds. The Hall–Kier alpha value is -2.04. The molecule has 0 radical (unpaired) electrons. The van der Waals surface area contributed by atoms with Crippen molar-refractivity contribution < 1.29 is 19.4 Å². The van der Waals surface area contributed by atoms with E-state index < -0.39 is 11.4 Å². The summed E-state index contributed by atoms with van der Waals surface area (Å²) in [6.07, 6.45) is 1.32. The zero-order chi connectivity index (χ0) is 15.5. The highest BCUT2D eigenvalue weighted by Gasteiger charge is 2.42. The van der Waals surface area contributed by atoms with Crippen molar-refractivity contribution in [3.63, 3.8) is 0 Å². The third-order valence-electron chi connectivity index (χ3n) is 4.05. The van der Waals surface area contributed by atoms with E-state index in [1.165, 1.54) is 0 Å². The minimum Gasteiger partial charge on any atom is -0.483 e. The molecule has 5 nitrogen and oxygen atoms in total. The van der Waals surface area contributed by atoms with Gasteiger partial charge in [0.2, 0.25) is 0 Å². The van der Waals surface area contributed by atoms with Crippen LogP contribution in [0, 0.1) is 5.41 Å². The molecule has 0 spiro atoms. The lowest BCUT2D eigenvalue weighted by Crippen LogP contribution is -2.37. The van der Waals surface area contributed by atoms with Gasteiger partial charge in [-0.15, -0.1) is 0 Å². The number of carbonyl (C=O) groups is 2. The number of amides is 1. The van der Waals surface area contributed by atoms with Gasteiger partial charge in [-0.3, -0.25) is 9.59 Å². The van der Waals surface area contributed by atoms with Gasteiger partial charge in [-0.1, -0.05) is 25.1 Å². The second kappa shape index (κ2) is 6.16. The molecule has 21 heavy (non-hydrogen) atoms. The molecule has 1 aliphatic heterocycles. The molecule has 0 aromatic heterocycles. The number of carboxylic acids is 1. The van der Waals surface area contributed by atoms with Gasteiger partial charge in [0.15, 0.2) is 6.61 Å². The van der Waals surface area contributed by atoms with Gasteiger partial charge >= 0.3 is 5.97 Å². The summed E-state index contributed by atoms with van der Waals surface area (Å²) in [5, 5.41) is 9.18. The topological polar surface area (TPSA) is 66.8 Å². The van der Waals surface area contributed by atoms with E-state index in [-0.39, 0.29) is 19.1 Å². The van der Waals surface area contributed by atoms with E-state index in [0.717, 1.165) is 12.0 Å². The van der Waals surface area contributed by atoms with Crippen molar-refractivity contribution in [3.8, 4) is 5.75 Å². The highest BCUT2D eigenvalue weighted by Crippen LogP contribution is 2.30. The van der Waals surface area contributed by atoms with Crippen LogP contribution in [0.1, 0.15) is 25.8 Å². The zero-order valence-electron chi connectivity index (χ0n) is 12.5. The maximum absolute atomic E-state index is 12.1. The minimum atomic E-state index is -0.852. The number of para-hydroxylation sites is 1. The summed E-state index contributed by atoms with van der Waals surface area (Å²) >= 11 is 0. The highest BCUT2D eigenvalue weighted by atomic mass is 16.5. The lowest BCUT2D eigenvalue weighted by Gasteiger charge is -2.20. The fraction of sp³-hybridized carbons (Fsp3) is 0.500. The Morgan fingerprint density at radius 1 is 1.38 bits per heavy atom. The lowest BCUT2D eigenvalue weighted by molar-refractivity contribution is -0.147. The Morgan fingerprint density at radius 2 is 2.10 bits per heavy atom. The first-order valence-electron chi connectivity index (χ1n) is 7.18. The number of carbonyl (C=O) groups excluding carboxylic acids is 1. The molecule has 1 heterocycles. The van der Waals surface area contributed by atoms with E-state index in [4.69, 9.17) is 4.74 Å². The van der Waals surface area contributed by atoms with Crippen LogP contribution < -0.4 is 4.74 Å². The van der Waals surface area contributed by atoms with Crippen LogP contribution >= 0.6 is 0 Å². The van der Waals surface area contributed by atoms with E-state index in [1.807, 2.05) is 31.2 Å². The van der Waals surface area contributed by atoms with Crippen molar-refractivity contribution in [1.82, 2.24) is 4.90 Å². The summed E-state index contributed by atoms with van der Waals surface area (Å²) in [5.74, 6) is -0.297. The molecule has 0 unspecified atom stereocenters. The van der Waals surface area contributed by atoms with Crippen LogP contribution in [0.5, 0.6) is 5.75 Å². The van der Waals surface area contributed by atoms with Crippen molar-refractivity contribution in [1.29, 1.82) is 0 Å². The predicted molar refractivity (Wildman–Crippen MR) is 78.3 cm³/mol. The molecule has 1 N–H and O–H groups in total. The van der Waals surface area contributed by atoms with Gasteiger partial charge in [0.25, 0.3) is 5.91 Å². The fourth-order valence-electron chi connectivity index (χ4n) is 2.52. The largest absolute Gasteiger partial charge is 0.483 e. The molecule has 114 valence electrons. The van der Waals surface area contributed by atoms with Gasteiger partial charge in [-0.2, -0.15) is 0 Å². The summed E-state index contributed by atoms with van der Waals surface area (Å²) in [6, 6.07) is 7.62. The van der Waals surface area contributed by atoms with Gasteiger partial charge in [0, 0.05) is 13.1 Å². The molecule has 1 aromatic rings. The Balaban J connectivity index is 1.93. The first kappa shape index (κ1) is 15.4. The SMILES string of the molecule is CCc1ccccc1OCC(=O)N1CC[C@](C)(C(=O)O)C1. The van der Waals surface area contributed by atoms with Gasteiger partial charge < -0.3 is 14.7 Å². The van der Waals surface area contributed by atoms with E-state index in [9.17, 15) is 14.7 Å². The molecule has 5 heteroatoms. The second-order valence-corrected chi connectivity index (χ2v) is 5.68. The Morgan fingerprint density at radius 3 is 2.71 bits per heavy atom. The molecular weight excluding hydrogens is 270 g/mol. The first-order chi connectivity index (χ1) is 9.96. The van der Waals surface area contributed by atoms with Crippen LogP contribution in [-0.2, 0) is 16.0 Å². The van der Waals surface area contributed by atoms with Crippen LogP contribution in [-0.4, -0.2) is 41.6 Å². The summed E-state index contributed by atoms with van der Waals surface area (Å²) < 4.78 is 5.59. The number of ether oxygens (including phenoxy) is 1. The van der Waals surface area contributed by atoms with Gasteiger partial charge in [0.05, 0.1) is 5.41 Å². The second-order valence-electron chi connectivity index (χ2n) is 5.68. The molecule has 2 rings (SSSR count). The fourth-order valence-corrected chi connectivity index (χ4v) is 2.52. The number of nitrogens with zero attached hydrogens (tertiary/aromatic N) is 1. The average Bonchev–Trinajstić information content (AvgIpc) is 2.89. The smallest absolute Gasteiger partial charge is 0.311 e. The Kier molecular flexibility index (Phi) is 4.50. The average molecular weight is 291 g/mol. The summed E-state index contributed by atoms with van der Waals surface area (Å²) in [7, 11) is 0. The van der Waals surface area contributed by atoms with Crippen molar-refractivity contribution in [3.05, 3.63) is 29.8 Å². The van der Waals surface area contributed by atoms with Crippen LogP contribution in [0.2, 0.25) is 0 Å². The van der Waals surface area contributed by atoms with Crippen LogP contribution in [0.25, 0.3) is 0 Å². The minimum absolute atomic E-state index is 0.0489. The maximum atomic E-state index is 12.1. The van der Waals surface area contributed by atoms with Gasteiger partial charge in [-0.25, -0.2) is 0 Å². The Labute approximate surface area is 124 Å². The number of aryl methyl sites for hydroxylation is 1. The highest BCUT2D eigenvalue weighted by molar-refractivity contribution is 5.81. The number of carboxylic acid groups (broad SMARTS) is 1. The lowest BCUT2D eigenvalue weighted by atomic mass is 9.90. The monoisotopic (exact) mass is 291 g/mol. The van der Waals surface area contributed by atoms with E-state index >= 15 is 0 Å². The third-order valence-corrected chi connectivity index (χ3v) is 4.05.